The molecule has 18 heavy (non-hydrogen) atoms. The number of amides is 1. The molecule has 2 rings (SSSR count). The number of anilines is 2. The van der Waals surface area contributed by atoms with E-state index in [0.29, 0.717) is 11.4 Å². The van der Waals surface area contributed by atoms with Gasteiger partial charge in [-0.05, 0) is 13.0 Å². The highest BCUT2D eigenvalue weighted by molar-refractivity contribution is 6.33. The first-order valence-electron chi connectivity index (χ1n) is 5.20. The van der Waals surface area contributed by atoms with Crippen LogP contribution in [0.4, 0.5) is 11.4 Å². The number of hydrogen-bond donors (Lipinski definition) is 2. The highest BCUT2D eigenvalue weighted by Crippen LogP contribution is 2.18. The Morgan fingerprint density at radius 3 is 2.89 bits per heavy atom. The molecule has 6 nitrogen and oxygen atoms in total. The molecule has 0 radical (unpaired) electrons. The topological polar surface area (TPSA) is 85.8 Å². The van der Waals surface area contributed by atoms with Gasteiger partial charge in [-0.2, -0.15) is 5.10 Å². The number of aryl methyl sites for hydroxylation is 2. The molecular weight excluding hydrogens is 254 g/mol. The molecular formula is C11H12ClN5O. The lowest BCUT2D eigenvalue weighted by atomic mass is 10.2. The zero-order valence-electron chi connectivity index (χ0n) is 9.94. The molecule has 7 heteroatoms. The molecule has 2 heterocycles. The number of rotatable bonds is 2. The van der Waals surface area contributed by atoms with Gasteiger partial charge < -0.3 is 11.1 Å². The first-order chi connectivity index (χ1) is 8.47. The summed E-state index contributed by atoms with van der Waals surface area (Å²) in [5.41, 5.74) is 7.54. The molecule has 0 aliphatic rings. The normalized spacial score (nSPS) is 10.4. The average molecular weight is 266 g/mol. The first kappa shape index (κ1) is 12.4. The Balaban J connectivity index is 2.27. The number of carbonyl (C=O) groups excluding carboxylic acids is 1. The lowest BCUT2D eigenvalue weighted by molar-refractivity contribution is 0.102. The maximum Gasteiger partial charge on any atom is 0.258 e. The first-order valence-corrected chi connectivity index (χ1v) is 5.58. The van der Waals surface area contributed by atoms with Gasteiger partial charge in [-0.15, -0.1) is 0 Å². The summed E-state index contributed by atoms with van der Waals surface area (Å²) in [6, 6.07) is 1.48. The van der Waals surface area contributed by atoms with Crippen LogP contribution in [0.5, 0.6) is 0 Å². The van der Waals surface area contributed by atoms with Crippen molar-refractivity contribution >= 4 is 28.9 Å². The molecule has 0 bridgehead atoms. The largest absolute Gasteiger partial charge is 0.397 e. The van der Waals surface area contributed by atoms with Crippen molar-refractivity contribution < 1.29 is 4.79 Å². The van der Waals surface area contributed by atoms with Crippen LogP contribution in [0.3, 0.4) is 0 Å². The Bertz CT molecular complexity index is 607. The summed E-state index contributed by atoms with van der Waals surface area (Å²) in [7, 11) is 1.78. The van der Waals surface area contributed by atoms with Gasteiger partial charge >= 0.3 is 0 Å². The van der Waals surface area contributed by atoms with Gasteiger partial charge in [-0.1, -0.05) is 11.6 Å². The van der Waals surface area contributed by atoms with E-state index in [1.54, 1.807) is 24.9 Å². The second-order valence-corrected chi connectivity index (χ2v) is 4.22. The summed E-state index contributed by atoms with van der Waals surface area (Å²) in [4.78, 5) is 15.8. The second-order valence-electron chi connectivity index (χ2n) is 3.86. The highest BCUT2D eigenvalue weighted by Gasteiger charge is 2.14. The van der Waals surface area contributed by atoms with Crippen LogP contribution in [0.15, 0.2) is 18.5 Å². The summed E-state index contributed by atoms with van der Waals surface area (Å²) in [6.45, 7) is 1.80. The average Bonchev–Trinajstić information content (AvgIpc) is 2.61. The summed E-state index contributed by atoms with van der Waals surface area (Å²) in [5, 5.41) is 6.95. The van der Waals surface area contributed by atoms with E-state index in [0.717, 1.165) is 5.69 Å². The number of nitrogens with one attached hydrogen (secondary N) is 1. The van der Waals surface area contributed by atoms with Crippen LogP contribution in [-0.2, 0) is 7.05 Å². The van der Waals surface area contributed by atoms with Crippen molar-refractivity contribution in [2.24, 2.45) is 7.05 Å². The van der Waals surface area contributed by atoms with Crippen LogP contribution in [-0.4, -0.2) is 20.7 Å². The van der Waals surface area contributed by atoms with Crippen LogP contribution in [0.2, 0.25) is 5.15 Å². The predicted octanol–water partition coefficient (Wildman–Crippen LogP) is 1.61. The molecule has 3 N–H and O–H groups in total. The van der Waals surface area contributed by atoms with E-state index in [9.17, 15) is 4.79 Å². The summed E-state index contributed by atoms with van der Waals surface area (Å²) >= 11 is 5.85. The minimum Gasteiger partial charge on any atom is -0.397 e. The quantitative estimate of drug-likeness (QED) is 0.808. The number of nitrogen functional groups attached to an aromatic ring is 1. The number of halogens is 1. The fourth-order valence-electron chi connectivity index (χ4n) is 1.54. The zero-order valence-corrected chi connectivity index (χ0v) is 10.7. The summed E-state index contributed by atoms with van der Waals surface area (Å²) in [5.74, 6) is -0.365. The number of nitrogens with zero attached hydrogens (tertiary/aromatic N) is 3. The minimum atomic E-state index is -0.365. The minimum absolute atomic E-state index is 0.114. The third-order valence-corrected chi connectivity index (χ3v) is 2.67. The van der Waals surface area contributed by atoms with E-state index >= 15 is 0 Å². The maximum atomic E-state index is 12.0. The molecule has 2 aromatic rings. The van der Waals surface area contributed by atoms with Gasteiger partial charge in [0.05, 0.1) is 28.8 Å². The lowest BCUT2D eigenvalue weighted by Gasteiger charge is -2.05. The Morgan fingerprint density at radius 1 is 1.56 bits per heavy atom. The van der Waals surface area contributed by atoms with Crippen LogP contribution >= 0.6 is 11.6 Å². The third-order valence-electron chi connectivity index (χ3n) is 2.37. The van der Waals surface area contributed by atoms with E-state index in [2.05, 4.69) is 15.4 Å². The van der Waals surface area contributed by atoms with E-state index < -0.39 is 0 Å². The van der Waals surface area contributed by atoms with E-state index in [1.165, 1.54) is 12.3 Å². The third kappa shape index (κ3) is 2.43. The molecule has 0 aliphatic heterocycles. The molecule has 0 saturated heterocycles. The van der Waals surface area contributed by atoms with Crippen molar-refractivity contribution in [3.63, 3.8) is 0 Å². The van der Waals surface area contributed by atoms with Crippen LogP contribution in [0.1, 0.15) is 16.1 Å². The van der Waals surface area contributed by atoms with Crippen molar-refractivity contribution in [1.82, 2.24) is 14.8 Å². The number of nitrogens with two attached hydrogens (primary N) is 1. The zero-order chi connectivity index (χ0) is 13.3. The van der Waals surface area contributed by atoms with Gasteiger partial charge in [0, 0.05) is 13.2 Å². The lowest BCUT2D eigenvalue weighted by Crippen LogP contribution is -2.13. The van der Waals surface area contributed by atoms with Crippen molar-refractivity contribution in [1.29, 1.82) is 0 Å². The molecule has 94 valence electrons. The van der Waals surface area contributed by atoms with E-state index in [4.69, 9.17) is 17.3 Å². The number of aromatic nitrogens is 3. The summed E-state index contributed by atoms with van der Waals surface area (Å²) in [6.07, 6.45) is 3.11. The highest BCUT2D eigenvalue weighted by atomic mass is 35.5. The van der Waals surface area contributed by atoms with Gasteiger partial charge in [0.25, 0.3) is 5.91 Å². The van der Waals surface area contributed by atoms with Crippen molar-refractivity contribution in [3.05, 3.63) is 34.9 Å². The molecule has 2 aromatic heterocycles. The monoisotopic (exact) mass is 265 g/mol. The number of carbonyl (C=O) groups is 1. The molecule has 0 saturated carbocycles. The van der Waals surface area contributed by atoms with Crippen LogP contribution in [0.25, 0.3) is 0 Å². The van der Waals surface area contributed by atoms with Crippen LogP contribution in [0, 0.1) is 6.92 Å². The molecule has 0 aliphatic carbocycles. The smallest absolute Gasteiger partial charge is 0.258 e. The van der Waals surface area contributed by atoms with Crippen molar-refractivity contribution in [3.8, 4) is 0 Å². The van der Waals surface area contributed by atoms with Gasteiger partial charge in [0.2, 0.25) is 0 Å². The Morgan fingerprint density at radius 2 is 2.28 bits per heavy atom. The van der Waals surface area contributed by atoms with Crippen molar-refractivity contribution in [2.75, 3.05) is 11.1 Å². The Labute approximate surface area is 109 Å². The molecule has 0 aromatic carbocycles. The van der Waals surface area contributed by atoms with Gasteiger partial charge in [-0.3, -0.25) is 9.48 Å². The Kier molecular flexibility index (Phi) is 3.20. The fraction of sp³-hybridized carbons (Fsp3) is 0.182. The number of hydrogen-bond acceptors (Lipinski definition) is 4. The van der Waals surface area contributed by atoms with Gasteiger partial charge in [0.15, 0.2) is 0 Å². The standard InChI is InChI=1S/C11H12ClN5O/c1-6-9(5-17(2)16-6)15-11(18)8-3-7(13)4-14-10(8)12/h3-5H,13H2,1-2H3,(H,15,18). The molecule has 0 atom stereocenters. The van der Waals surface area contributed by atoms with Gasteiger partial charge in [-0.25, -0.2) is 4.98 Å². The number of pyridine rings is 1. The fourth-order valence-corrected chi connectivity index (χ4v) is 1.72. The SMILES string of the molecule is Cc1nn(C)cc1NC(=O)c1cc(N)cnc1Cl. The van der Waals surface area contributed by atoms with Crippen LogP contribution < -0.4 is 11.1 Å². The second kappa shape index (κ2) is 4.66. The summed E-state index contributed by atoms with van der Waals surface area (Å²) < 4.78 is 1.62. The molecule has 0 unspecified atom stereocenters. The molecule has 1 amide bonds. The van der Waals surface area contributed by atoms with Crippen molar-refractivity contribution in [2.45, 2.75) is 6.92 Å². The maximum absolute atomic E-state index is 12.0. The molecule has 0 spiro atoms. The molecule has 0 fully saturated rings. The Hall–Kier alpha value is -2.08. The van der Waals surface area contributed by atoms with E-state index in [-0.39, 0.29) is 16.6 Å². The predicted molar refractivity (Wildman–Crippen MR) is 69.6 cm³/mol. The van der Waals surface area contributed by atoms with Gasteiger partial charge in [0.1, 0.15) is 5.15 Å². The van der Waals surface area contributed by atoms with E-state index in [1.807, 2.05) is 0 Å².